The number of fused-ring (bicyclic) bond motifs is 1. The third-order valence-corrected chi connectivity index (χ3v) is 9.24. The van der Waals surface area contributed by atoms with Crippen LogP contribution in [0.15, 0.2) is 150 Å². The zero-order valence-electron chi connectivity index (χ0n) is 28.5. The van der Waals surface area contributed by atoms with Gasteiger partial charge < -0.3 is 9.32 Å². The van der Waals surface area contributed by atoms with E-state index in [1.54, 1.807) is 6.33 Å². The van der Waals surface area contributed by atoms with Crippen LogP contribution in [0.25, 0.3) is 33.7 Å². The summed E-state index contributed by atoms with van der Waals surface area (Å²) in [5, 5.41) is 13.8. The van der Waals surface area contributed by atoms with Crippen molar-refractivity contribution in [3.05, 3.63) is 174 Å². The molecule has 8 rings (SSSR count). The number of benzene rings is 5. The van der Waals surface area contributed by atoms with Crippen LogP contribution in [-0.4, -0.2) is 41.7 Å². The first-order valence-electron chi connectivity index (χ1n) is 17.1. The molecule has 0 unspecified atom stereocenters. The summed E-state index contributed by atoms with van der Waals surface area (Å²) in [6.07, 6.45) is 2.50. The average Bonchev–Trinajstić information content (AvgIpc) is 3.83. The summed E-state index contributed by atoms with van der Waals surface area (Å²) in [6, 6.07) is 48.4. The average molecular weight is 669 g/mol. The molecule has 3 aromatic heterocycles. The van der Waals surface area contributed by atoms with Crippen LogP contribution in [0, 0.1) is 6.92 Å². The van der Waals surface area contributed by atoms with Gasteiger partial charge >= 0.3 is 0 Å². The Labute approximate surface area is 296 Å². The minimum Gasteiger partial charge on any atom is -0.422 e. The van der Waals surface area contributed by atoms with E-state index in [1.807, 2.05) is 35.9 Å². The van der Waals surface area contributed by atoms with Gasteiger partial charge in [-0.3, -0.25) is 0 Å². The van der Waals surface area contributed by atoms with E-state index in [0.29, 0.717) is 29.5 Å². The lowest BCUT2D eigenvalue weighted by atomic mass is 9.77. The molecular formula is C42H36N8O. The van der Waals surface area contributed by atoms with Gasteiger partial charge in [-0.15, -0.1) is 5.10 Å². The summed E-state index contributed by atoms with van der Waals surface area (Å²) in [4.78, 5) is 15.7. The summed E-state index contributed by atoms with van der Waals surface area (Å²) < 4.78 is 7.68. The van der Waals surface area contributed by atoms with Crippen LogP contribution in [-0.2, 0) is 12.1 Å². The van der Waals surface area contributed by atoms with Gasteiger partial charge in [0, 0.05) is 25.6 Å². The van der Waals surface area contributed by atoms with Crippen molar-refractivity contribution in [2.45, 2.75) is 32.4 Å². The first-order chi connectivity index (χ1) is 25.2. The largest absolute Gasteiger partial charge is 0.422 e. The lowest BCUT2D eigenvalue weighted by molar-refractivity contribution is 0.451. The second kappa shape index (κ2) is 13.8. The van der Waals surface area contributed by atoms with Crippen molar-refractivity contribution in [2.75, 3.05) is 11.4 Å². The van der Waals surface area contributed by atoms with Gasteiger partial charge in [-0.2, -0.15) is 4.98 Å². The fraction of sp³-hybridized carbons (Fsp3) is 0.143. The fourth-order valence-electron chi connectivity index (χ4n) is 7.03. The monoisotopic (exact) mass is 668 g/mol. The number of hydrogen-bond acceptors (Lipinski definition) is 8. The standard InChI is InChI=1S/C42H36N8O/c1-3-27-49(40-38-41(44-29-43-40)51-30(2)45-38)28-31-23-25-32(26-24-31)36-21-13-14-22-37(36)39-46-47-48-50(39)42(33-15-7-4-8-16-33,34-17-9-5-10-18-34)35-19-11-6-12-20-35/h4-26,29H,3,27-28H2,1-2H3. The Bertz CT molecular complexity index is 2280. The van der Waals surface area contributed by atoms with Crippen molar-refractivity contribution in [3.8, 4) is 22.5 Å². The maximum Gasteiger partial charge on any atom is 0.252 e. The lowest BCUT2D eigenvalue weighted by Crippen LogP contribution is -2.39. The molecule has 0 amide bonds. The summed E-state index contributed by atoms with van der Waals surface area (Å²) in [5.74, 6) is 2.01. The molecule has 9 nitrogen and oxygen atoms in total. The summed E-state index contributed by atoms with van der Waals surface area (Å²) >= 11 is 0. The van der Waals surface area contributed by atoms with Crippen LogP contribution in [0.5, 0.6) is 0 Å². The molecule has 0 aliphatic rings. The third kappa shape index (κ3) is 5.82. The van der Waals surface area contributed by atoms with Crippen LogP contribution in [0.3, 0.4) is 0 Å². The summed E-state index contributed by atoms with van der Waals surface area (Å²) in [6.45, 7) is 5.47. The number of tetrazole rings is 1. The molecule has 0 spiro atoms. The van der Waals surface area contributed by atoms with Crippen LogP contribution in [0.1, 0.15) is 41.5 Å². The smallest absolute Gasteiger partial charge is 0.252 e. The first kappa shape index (κ1) is 31.8. The van der Waals surface area contributed by atoms with Crippen LogP contribution in [0.4, 0.5) is 5.82 Å². The fourth-order valence-corrected chi connectivity index (χ4v) is 7.03. The van der Waals surface area contributed by atoms with E-state index < -0.39 is 5.54 Å². The molecule has 51 heavy (non-hydrogen) atoms. The number of aryl methyl sites for hydroxylation is 1. The number of nitrogens with zero attached hydrogens (tertiary/aromatic N) is 8. The zero-order chi connectivity index (χ0) is 34.6. The predicted octanol–water partition coefficient (Wildman–Crippen LogP) is 8.50. The maximum absolute atomic E-state index is 5.69. The highest BCUT2D eigenvalue weighted by molar-refractivity contribution is 5.82. The first-order valence-corrected chi connectivity index (χ1v) is 17.1. The van der Waals surface area contributed by atoms with Gasteiger partial charge in [-0.1, -0.05) is 146 Å². The van der Waals surface area contributed by atoms with Gasteiger partial charge in [0.25, 0.3) is 5.71 Å². The third-order valence-electron chi connectivity index (χ3n) is 9.24. The molecule has 0 aliphatic heterocycles. The number of anilines is 1. The van der Waals surface area contributed by atoms with Crippen molar-refractivity contribution in [1.29, 1.82) is 0 Å². The predicted molar refractivity (Wildman–Crippen MR) is 199 cm³/mol. The highest BCUT2D eigenvalue weighted by Crippen LogP contribution is 2.43. The van der Waals surface area contributed by atoms with E-state index in [0.717, 1.165) is 57.7 Å². The number of rotatable bonds is 11. The second-order valence-electron chi connectivity index (χ2n) is 12.5. The van der Waals surface area contributed by atoms with Gasteiger partial charge in [-0.25, -0.2) is 14.6 Å². The Morgan fingerprint density at radius 1 is 0.686 bits per heavy atom. The molecule has 0 bridgehead atoms. The SMILES string of the molecule is CCCN(Cc1ccc(-c2ccccc2-c2nnnn2C(c2ccccc2)(c2ccccc2)c2ccccc2)cc1)c1ncnc2oc(C)nc12. The van der Waals surface area contributed by atoms with E-state index >= 15 is 0 Å². The number of oxazole rings is 1. The highest BCUT2D eigenvalue weighted by Gasteiger charge is 2.42. The molecule has 9 heteroatoms. The van der Waals surface area contributed by atoms with Gasteiger partial charge in [0.15, 0.2) is 23.0 Å². The zero-order valence-corrected chi connectivity index (χ0v) is 28.5. The quantitative estimate of drug-likeness (QED) is 0.127. The minimum atomic E-state index is -0.850. The number of aromatic nitrogens is 7. The second-order valence-corrected chi connectivity index (χ2v) is 12.5. The Morgan fingerprint density at radius 2 is 1.27 bits per heavy atom. The van der Waals surface area contributed by atoms with E-state index in [2.05, 4.69) is 147 Å². The molecule has 0 radical (unpaired) electrons. The van der Waals surface area contributed by atoms with Crippen LogP contribution < -0.4 is 4.90 Å². The molecule has 8 aromatic rings. The highest BCUT2D eigenvalue weighted by atomic mass is 16.4. The van der Waals surface area contributed by atoms with E-state index in [4.69, 9.17) is 14.7 Å². The summed E-state index contributed by atoms with van der Waals surface area (Å²) in [5.41, 5.74) is 7.67. The molecule has 5 aromatic carbocycles. The normalized spacial score (nSPS) is 11.6. The molecule has 250 valence electrons. The van der Waals surface area contributed by atoms with Crippen molar-refractivity contribution in [2.24, 2.45) is 0 Å². The Hall–Kier alpha value is -6.48. The maximum atomic E-state index is 5.69. The lowest BCUT2D eigenvalue weighted by Gasteiger charge is -2.36. The molecule has 0 saturated heterocycles. The molecule has 0 atom stereocenters. The van der Waals surface area contributed by atoms with E-state index in [1.165, 1.54) is 0 Å². The van der Waals surface area contributed by atoms with E-state index in [9.17, 15) is 0 Å². The molecule has 0 N–H and O–H groups in total. The molecule has 3 heterocycles. The van der Waals surface area contributed by atoms with Gasteiger partial charge in [0.1, 0.15) is 11.9 Å². The topological polar surface area (TPSA) is 98.7 Å². The van der Waals surface area contributed by atoms with Gasteiger partial charge in [-0.05, 0) is 50.2 Å². The molecule has 0 saturated carbocycles. The summed E-state index contributed by atoms with van der Waals surface area (Å²) in [7, 11) is 0. The van der Waals surface area contributed by atoms with E-state index in [-0.39, 0.29) is 0 Å². The molecule has 0 fully saturated rings. The van der Waals surface area contributed by atoms with Crippen molar-refractivity contribution in [1.82, 2.24) is 35.2 Å². The van der Waals surface area contributed by atoms with Crippen molar-refractivity contribution >= 4 is 17.0 Å². The van der Waals surface area contributed by atoms with Gasteiger partial charge in [0.2, 0.25) is 0 Å². The Morgan fingerprint density at radius 3 is 1.88 bits per heavy atom. The van der Waals surface area contributed by atoms with Crippen molar-refractivity contribution in [3.63, 3.8) is 0 Å². The number of hydrogen-bond donors (Lipinski definition) is 0. The van der Waals surface area contributed by atoms with Crippen LogP contribution >= 0.6 is 0 Å². The Kier molecular flexibility index (Phi) is 8.59. The molecular weight excluding hydrogens is 633 g/mol. The minimum absolute atomic E-state index is 0.503. The van der Waals surface area contributed by atoms with Crippen molar-refractivity contribution < 1.29 is 4.42 Å². The Balaban J connectivity index is 1.21. The van der Waals surface area contributed by atoms with Gasteiger partial charge in [0.05, 0.1) is 0 Å². The van der Waals surface area contributed by atoms with Crippen LogP contribution in [0.2, 0.25) is 0 Å². The molecule has 0 aliphatic carbocycles.